The Labute approximate surface area is 145 Å². The van der Waals surface area contributed by atoms with Gasteiger partial charge >= 0.3 is 0 Å². The Bertz CT molecular complexity index is 986. The van der Waals surface area contributed by atoms with Crippen molar-refractivity contribution in [2.75, 3.05) is 5.32 Å². The molecule has 0 atom stereocenters. The van der Waals surface area contributed by atoms with Gasteiger partial charge in [0.25, 0.3) is 5.91 Å². The second kappa shape index (κ2) is 6.20. The van der Waals surface area contributed by atoms with Crippen molar-refractivity contribution < 1.29 is 4.79 Å². The zero-order chi connectivity index (χ0) is 17.2. The van der Waals surface area contributed by atoms with Crippen LogP contribution in [-0.2, 0) is 0 Å². The number of H-pyrrole nitrogens is 1. The highest BCUT2D eigenvalue weighted by molar-refractivity contribution is 6.24. The monoisotopic (exact) mass is 328 g/mol. The first kappa shape index (κ1) is 15.1. The van der Waals surface area contributed by atoms with Gasteiger partial charge in [0.15, 0.2) is 0 Å². The molecule has 1 amide bonds. The van der Waals surface area contributed by atoms with E-state index in [1.54, 1.807) is 24.5 Å². The molecule has 2 aromatic heterocycles. The fourth-order valence-electron chi connectivity index (χ4n) is 2.85. The van der Waals surface area contributed by atoms with Gasteiger partial charge in [0.05, 0.1) is 11.3 Å². The Hall–Kier alpha value is -3.47. The van der Waals surface area contributed by atoms with E-state index >= 15 is 0 Å². The van der Waals surface area contributed by atoms with Crippen LogP contribution >= 0.6 is 0 Å². The van der Waals surface area contributed by atoms with E-state index < -0.39 is 0 Å². The van der Waals surface area contributed by atoms with Crippen LogP contribution in [0.5, 0.6) is 0 Å². The quantitative estimate of drug-likeness (QED) is 0.752. The zero-order valence-electron chi connectivity index (χ0n) is 13.7. The second-order valence-corrected chi connectivity index (χ2v) is 5.81. The molecule has 5 nitrogen and oxygen atoms in total. The highest BCUT2D eigenvalue weighted by Crippen LogP contribution is 2.37. The maximum atomic E-state index is 12.3. The van der Waals surface area contributed by atoms with E-state index in [9.17, 15) is 4.79 Å². The highest BCUT2D eigenvalue weighted by atomic mass is 16.1. The van der Waals surface area contributed by atoms with Crippen LogP contribution in [0, 0.1) is 0 Å². The predicted octanol–water partition coefficient (Wildman–Crippen LogP) is 4.31. The number of aliphatic imine (C=N–C) groups is 1. The molecule has 0 unspecified atom stereocenters. The molecule has 2 N–H and O–H groups in total. The van der Waals surface area contributed by atoms with E-state index in [0.29, 0.717) is 5.56 Å². The number of rotatable bonds is 3. The number of carbonyl (C=O) groups is 1. The molecule has 0 bridgehead atoms. The minimum Gasteiger partial charge on any atom is -0.361 e. The molecule has 1 aromatic carbocycles. The topological polar surface area (TPSA) is 70.1 Å². The predicted molar refractivity (Wildman–Crippen MR) is 100 cm³/mol. The van der Waals surface area contributed by atoms with Gasteiger partial charge in [-0.1, -0.05) is 0 Å². The SMILES string of the molecule is CC(=C1C=Nc2ccc(NC(=O)c3cccnc3)cc21)c1ccc[nH]1. The van der Waals surface area contributed by atoms with Gasteiger partial charge in [-0.15, -0.1) is 0 Å². The average molecular weight is 328 g/mol. The normalized spacial score (nSPS) is 14.3. The number of hydrogen-bond acceptors (Lipinski definition) is 3. The summed E-state index contributed by atoms with van der Waals surface area (Å²) in [5.74, 6) is -0.182. The molecule has 1 aliphatic rings. The molecule has 5 heteroatoms. The Balaban J connectivity index is 1.66. The summed E-state index contributed by atoms with van der Waals surface area (Å²) in [5, 5.41) is 2.92. The van der Waals surface area contributed by atoms with Crippen LogP contribution in [0.15, 0.2) is 66.0 Å². The lowest BCUT2D eigenvalue weighted by molar-refractivity contribution is 0.102. The Kier molecular flexibility index (Phi) is 3.74. The third kappa shape index (κ3) is 2.87. The van der Waals surface area contributed by atoms with Gasteiger partial charge in [0.1, 0.15) is 0 Å². The number of carbonyl (C=O) groups excluding carboxylic acids is 1. The number of allylic oxidation sites excluding steroid dienone is 2. The molecule has 0 radical (unpaired) electrons. The van der Waals surface area contributed by atoms with Gasteiger partial charge < -0.3 is 10.3 Å². The minimum absolute atomic E-state index is 0.182. The maximum absolute atomic E-state index is 12.3. The lowest BCUT2D eigenvalue weighted by Crippen LogP contribution is -2.12. The number of pyridine rings is 1. The number of nitrogens with zero attached hydrogens (tertiary/aromatic N) is 2. The molecule has 0 aliphatic carbocycles. The van der Waals surface area contributed by atoms with Crippen molar-refractivity contribution in [2.45, 2.75) is 6.92 Å². The summed E-state index contributed by atoms with van der Waals surface area (Å²) in [6.45, 7) is 2.06. The van der Waals surface area contributed by atoms with Crippen molar-refractivity contribution in [3.05, 3.63) is 77.9 Å². The number of amides is 1. The number of aromatic nitrogens is 2. The maximum Gasteiger partial charge on any atom is 0.257 e. The molecule has 25 heavy (non-hydrogen) atoms. The number of aromatic amines is 1. The van der Waals surface area contributed by atoms with Gasteiger partial charge in [-0.05, 0) is 55.0 Å². The van der Waals surface area contributed by atoms with E-state index in [1.807, 2.05) is 42.7 Å². The van der Waals surface area contributed by atoms with Crippen LogP contribution in [0.2, 0.25) is 0 Å². The number of hydrogen-bond donors (Lipinski definition) is 2. The number of benzene rings is 1. The Morgan fingerprint density at radius 3 is 2.84 bits per heavy atom. The van der Waals surface area contributed by atoms with Crippen molar-refractivity contribution in [1.29, 1.82) is 0 Å². The highest BCUT2D eigenvalue weighted by Gasteiger charge is 2.17. The van der Waals surface area contributed by atoms with Crippen LogP contribution in [0.1, 0.15) is 28.5 Å². The van der Waals surface area contributed by atoms with Crippen molar-refractivity contribution in [3.63, 3.8) is 0 Å². The van der Waals surface area contributed by atoms with E-state index in [1.165, 1.54) is 0 Å². The second-order valence-electron chi connectivity index (χ2n) is 5.81. The van der Waals surface area contributed by atoms with Gasteiger partial charge in [-0.25, -0.2) is 0 Å². The Morgan fingerprint density at radius 1 is 1.16 bits per heavy atom. The van der Waals surface area contributed by atoms with Gasteiger partial charge in [0.2, 0.25) is 0 Å². The van der Waals surface area contributed by atoms with Gasteiger partial charge in [0, 0.05) is 47.3 Å². The van der Waals surface area contributed by atoms with E-state index in [4.69, 9.17) is 0 Å². The van der Waals surface area contributed by atoms with E-state index in [2.05, 4.69) is 27.2 Å². The molecular weight excluding hydrogens is 312 g/mol. The fourth-order valence-corrected chi connectivity index (χ4v) is 2.85. The molecule has 4 rings (SSSR count). The van der Waals surface area contributed by atoms with E-state index in [0.717, 1.165) is 33.8 Å². The molecule has 0 saturated heterocycles. The molecule has 0 spiro atoms. The average Bonchev–Trinajstić information content (AvgIpc) is 3.31. The van der Waals surface area contributed by atoms with Crippen LogP contribution in [-0.4, -0.2) is 22.1 Å². The van der Waals surface area contributed by atoms with Crippen molar-refractivity contribution in [3.8, 4) is 0 Å². The van der Waals surface area contributed by atoms with Crippen LogP contribution < -0.4 is 5.32 Å². The molecule has 1 aliphatic heterocycles. The summed E-state index contributed by atoms with van der Waals surface area (Å²) < 4.78 is 0. The molecule has 122 valence electrons. The lowest BCUT2D eigenvalue weighted by Gasteiger charge is -2.09. The molecular formula is C20H16N4O. The third-order valence-corrected chi connectivity index (χ3v) is 4.21. The summed E-state index contributed by atoms with van der Waals surface area (Å²) in [6, 6.07) is 13.2. The Morgan fingerprint density at radius 2 is 2.08 bits per heavy atom. The minimum atomic E-state index is -0.182. The molecule has 0 saturated carbocycles. The molecule has 3 heterocycles. The molecule has 3 aromatic rings. The molecule has 0 fully saturated rings. The van der Waals surface area contributed by atoms with Crippen LogP contribution in [0.4, 0.5) is 11.4 Å². The first-order valence-corrected chi connectivity index (χ1v) is 7.97. The first-order valence-electron chi connectivity index (χ1n) is 7.97. The van der Waals surface area contributed by atoms with Gasteiger partial charge in [-0.2, -0.15) is 0 Å². The lowest BCUT2D eigenvalue weighted by atomic mass is 10.00. The van der Waals surface area contributed by atoms with Crippen LogP contribution in [0.3, 0.4) is 0 Å². The third-order valence-electron chi connectivity index (χ3n) is 4.21. The van der Waals surface area contributed by atoms with Gasteiger partial charge in [-0.3, -0.25) is 14.8 Å². The van der Waals surface area contributed by atoms with Crippen molar-refractivity contribution in [2.24, 2.45) is 4.99 Å². The fraction of sp³-hybridized carbons (Fsp3) is 0.0500. The zero-order valence-corrected chi connectivity index (χ0v) is 13.7. The largest absolute Gasteiger partial charge is 0.361 e. The summed E-state index contributed by atoms with van der Waals surface area (Å²) in [6.07, 6.45) is 6.96. The van der Waals surface area contributed by atoms with Crippen LogP contribution in [0.25, 0.3) is 11.1 Å². The summed E-state index contributed by atoms with van der Waals surface area (Å²) in [5.41, 5.74) is 6.39. The number of fused-ring (bicyclic) bond motifs is 1. The number of nitrogens with one attached hydrogen (secondary N) is 2. The van der Waals surface area contributed by atoms with Crippen molar-refractivity contribution >= 4 is 34.6 Å². The van der Waals surface area contributed by atoms with E-state index in [-0.39, 0.29) is 5.91 Å². The van der Waals surface area contributed by atoms with Crippen molar-refractivity contribution in [1.82, 2.24) is 9.97 Å². The summed E-state index contributed by atoms with van der Waals surface area (Å²) in [4.78, 5) is 24.0. The number of anilines is 1. The first-order chi connectivity index (χ1) is 12.2. The smallest absolute Gasteiger partial charge is 0.257 e. The summed E-state index contributed by atoms with van der Waals surface area (Å²) in [7, 11) is 0. The summed E-state index contributed by atoms with van der Waals surface area (Å²) >= 11 is 0. The standard InChI is InChI=1S/C20H16N4O/c1-13(18-5-3-9-22-18)17-12-23-19-7-6-15(10-16(17)19)24-20(25)14-4-2-8-21-11-14/h2-12,22H,1H3,(H,24,25).